The molecule has 21 heavy (non-hydrogen) atoms. The largest absolute Gasteiger partial charge is 0.497 e. The molecule has 116 valence electrons. The third-order valence-electron chi connectivity index (χ3n) is 3.64. The van der Waals surface area contributed by atoms with Crippen LogP contribution in [0.15, 0.2) is 24.3 Å². The van der Waals surface area contributed by atoms with Gasteiger partial charge in [0.2, 0.25) is 0 Å². The first-order valence-electron chi connectivity index (χ1n) is 7.51. The minimum atomic E-state index is -0.440. The minimum absolute atomic E-state index is 0.196. The van der Waals surface area contributed by atoms with Gasteiger partial charge in [0.15, 0.2) is 0 Å². The molecule has 4 nitrogen and oxygen atoms in total. The third-order valence-corrected chi connectivity index (χ3v) is 3.64. The second-order valence-electron chi connectivity index (χ2n) is 6.52. The van der Waals surface area contributed by atoms with Gasteiger partial charge in [-0.15, -0.1) is 0 Å². The maximum Gasteiger partial charge on any atom is 0.410 e. The van der Waals surface area contributed by atoms with Crippen molar-refractivity contribution in [3.8, 4) is 5.75 Å². The van der Waals surface area contributed by atoms with E-state index < -0.39 is 5.60 Å². The fourth-order valence-corrected chi connectivity index (χ4v) is 2.64. The molecule has 1 aromatic carbocycles. The van der Waals surface area contributed by atoms with Crippen molar-refractivity contribution >= 4 is 6.09 Å². The summed E-state index contributed by atoms with van der Waals surface area (Å²) >= 11 is 0. The van der Waals surface area contributed by atoms with E-state index in [0.717, 1.165) is 31.6 Å². The van der Waals surface area contributed by atoms with Crippen LogP contribution in [0.25, 0.3) is 0 Å². The molecule has 1 aliphatic heterocycles. The molecule has 1 atom stereocenters. The Hall–Kier alpha value is -1.71. The molecule has 1 saturated heterocycles. The molecular weight excluding hydrogens is 266 g/mol. The number of methoxy groups -OCH3 is 1. The second-order valence-corrected chi connectivity index (χ2v) is 6.52. The highest BCUT2D eigenvalue weighted by atomic mass is 16.6. The zero-order chi connectivity index (χ0) is 15.5. The van der Waals surface area contributed by atoms with Crippen molar-refractivity contribution in [3.63, 3.8) is 0 Å². The minimum Gasteiger partial charge on any atom is -0.497 e. The molecule has 1 aliphatic rings. The summed E-state index contributed by atoms with van der Waals surface area (Å²) in [5.41, 5.74) is 0.779. The maximum atomic E-state index is 12.2. The summed E-state index contributed by atoms with van der Waals surface area (Å²) in [5, 5.41) is 0. The average Bonchev–Trinajstić information content (AvgIpc) is 2.86. The molecule has 0 radical (unpaired) electrons. The normalized spacial score (nSPS) is 18.7. The molecule has 0 N–H and O–H groups in total. The van der Waals surface area contributed by atoms with E-state index in [1.165, 1.54) is 5.56 Å². The number of carbonyl (C=O) groups is 1. The van der Waals surface area contributed by atoms with E-state index in [1.807, 2.05) is 37.8 Å². The van der Waals surface area contributed by atoms with Crippen molar-refractivity contribution in [1.82, 2.24) is 4.90 Å². The van der Waals surface area contributed by atoms with Gasteiger partial charge in [0.25, 0.3) is 0 Å². The van der Waals surface area contributed by atoms with Crippen LogP contribution in [0.2, 0.25) is 0 Å². The lowest BCUT2D eigenvalue weighted by Gasteiger charge is -2.28. The molecule has 0 saturated carbocycles. The molecule has 2 rings (SSSR count). The van der Waals surface area contributed by atoms with Crippen LogP contribution < -0.4 is 4.74 Å². The van der Waals surface area contributed by atoms with Crippen LogP contribution in [0.5, 0.6) is 5.75 Å². The van der Waals surface area contributed by atoms with Crippen molar-refractivity contribution in [2.75, 3.05) is 13.7 Å². The van der Waals surface area contributed by atoms with Crippen molar-refractivity contribution < 1.29 is 14.3 Å². The highest BCUT2D eigenvalue weighted by molar-refractivity contribution is 5.69. The van der Waals surface area contributed by atoms with E-state index in [9.17, 15) is 4.79 Å². The number of hydrogen-bond donors (Lipinski definition) is 0. The number of ether oxygens (including phenoxy) is 2. The van der Waals surface area contributed by atoms with E-state index in [4.69, 9.17) is 9.47 Å². The van der Waals surface area contributed by atoms with Crippen molar-refractivity contribution in [2.24, 2.45) is 0 Å². The van der Waals surface area contributed by atoms with Gasteiger partial charge in [0.05, 0.1) is 7.11 Å². The molecule has 0 spiro atoms. The lowest BCUT2D eigenvalue weighted by atomic mass is 10.0. The van der Waals surface area contributed by atoms with Crippen LogP contribution in [0.1, 0.15) is 39.2 Å². The van der Waals surface area contributed by atoms with E-state index in [0.29, 0.717) is 0 Å². The monoisotopic (exact) mass is 291 g/mol. The van der Waals surface area contributed by atoms with Crippen LogP contribution in [-0.4, -0.2) is 36.3 Å². The van der Waals surface area contributed by atoms with Crippen LogP contribution in [0.3, 0.4) is 0 Å². The van der Waals surface area contributed by atoms with Gasteiger partial charge in [-0.2, -0.15) is 0 Å². The molecule has 0 aliphatic carbocycles. The molecule has 1 aromatic rings. The Morgan fingerprint density at radius 1 is 1.29 bits per heavy atom. The van der Waals surface area contributed by atoms with Crippen molar-refractivity contribution in [3.05, 3.63) is 29.8 Å². The van der Waals surface area contributed by atoms with Crippen molar-refractivity contribution in [1.29, 1.82) is 0 Å². The summed E-state index contributed by atoms with van der Waals surface area (Å²) < 4.78 is 10.7. The number of rotatable bonds is 3. The Labute approximate surface area is 127 Å². The molecular formula is C17H25NO3. The smallest absolute Gasteiger partial charge is 0.410 e. The van der Waals surface area contributed by atoms with Crippen molar-refractivity contribution in [2.45, 2.75) is 51.7 Å². The zero-order valence-electron chi connectivity index (χ0n) is 13.4. The Morgan fingerprint density at radius 2 is 1.95 bits per heavy atom. The number of likely N-dealkylation sites (tertiary alicyclic amines) is 1. The summed E-state index contributed by atoms with van der Waals surface area (Å²) in [4.78, 5) is 14.1. The second kappa shape index (κ2) is 6.37. The summed E-state index contributed by atoms with van der Waals surface area (Å²) in [6, 6.07) is 8.27. The molecule has 1 heterocycles. The van der Waals surface area contributed by atoms with Gasteiger partial charge >= 0.3 is 6.09 Å². The van der Waals surface area contributed by atoms with Gasteiger partial charge in [-0.1, -0.05) is 12.1 Å². The predicted octanol–water partition coefficient (Wildman–Crippen LogP) is 3.64. The summed E-state index contributed by atoms with van der Waals surface area (Å²) in [6.45, 7) is 6.49. The topological polar surface area (TPSA) is 38.8 Å². The van der Waals surface area contributed by atoms with Crippen LogP contribution in [-0.2, 0) is 11.2 Å². The number of amides is 1. The molecule has 0 bridgehead atoms. The third kappa shape index (κ3) is 4.38. The Morgan fingerprint density at radius 3 is 2.52 bits per heavy atom. The fraction of sp³-hybridized carbons (Fsp3) is 0.588. The highest BCUT2D eigenvalue weighted by Gasteiger charge is 2.32. The number of carbonyl (C=O) groups excluding carboxylic acids is 1. The van der Waals surface area contributed by atoms with Gasteiger partial charge in [0.1, 0.15) is 11.4 Å². The molecule has 4 heteroatoms. The fourth-order valence-electron chi connectivity index (χ4n) is 2.64. The Balaban J connectivity index is 1.99. The predicted molar refractivity (Wildman–Crippen MR) is 82.7 cm³/mol. The molecule has 0 unspecified atom stereocenters. The number of benzene rings is 1. The first kappa shape index (κ1) is 15.7. The van der Waals surface area contributed by atoms with E-state index >= 15 is 0 Å². The van der Waals surface area contributed by atoms with E-state index in [1.54, 1.807) is 7.11 Å². The zero-order valence-corrected chi connectivity index (χ0v) is 13.4. The lowest BCUT2D eigenvalue weighted by Crippen LogP contribution is -2.40. The van der Waals surface area contributed by atoms with Gasteiger partial charge < -0.3 is 14.4 Å². The number of nitrogens with zero attached hydrogens (tertiary/aromatic N) is 1. The molecule has 1 amide bonds. The van der Waals surface area contributed by atoms with Crippen LogP contribution in [0.4, 0.5) is 4.79 Å². The standard InChI is InChI=1S/C17H25NO3/c1-17(2,3)21-16(19)18-11-5-6-14(18)12-13-7-9-15(20-4)10-8-13/h7-10,14H,5-6,11-12H2,1-4H3/t14-/m0/s1. The SMILES string of the molecule is COc1ccc(C[C@@H]2CCCN2C(=O)OC(C)(C)C)cc1. The first-order valence-corrected chi connectivity index (χ1v) is 7.51. The lowest BCUT2D eigenvalue weighted by molar-refractivity contribution is 0.0227. The Kier molecular flexibility index (Phi) is 4.76. The average molecular weight is 291 g/mol. The molecule has 1 fully saturated rings. The Bertz CT molecular complexity index is 476. The van der Waals surface area contributed by atoms with Gasteiger partial charge in [-0.05, 0) is 57.7 Å². The van der Waals surface area contributed by atoms with Crippen LogP contribution in [0, 0.1) is 0 Å². The first-order chi connectivity index (χ1) is 9.89. The maximum absolute atomic E-state index is 12.2. The summed E-state index contributed by atoms with van der Waals surface area (Å²) in [7, 11) is 1.66. The summed E-state index contributed by atoms with van der Waals surface area (Å²) in [6.07, 6.45) is 2.74. The van der Waals surface area contributed by atoms with E-state index in [2.05, 4.69) is 12.1 Å². The van der Waals surface area contributed by atoms with Gasteiger partial charge in [-0.3, -0.25) is 0 Å². The van der Waals surface area contributed by atoms with Gasteiger partial charge in [-0.25, -0.2) is 4.79 Å². The number of hydrogen-bond acceptors (Lipinski definition) is 3. The van der Waals surface area contributed by atoms with E-state index in [-0.39, 0.29) is 12.1 Å². The van der Waals surface area contributed by atoms with Gasteiger partial charge in [0, 0.05) is 12.6 Å². The van der Waals surface area contributed by atoms with Crippen LogP contribution >= 0.6 is 0 Å². The highest BCUT2D eigenvalue weighted by Crippen LogP contribution is 2.24. The quantitative estimate of drug-likeness (QED) is 0.853. The summed E-state index contributed by atoms with van der Waals surface area (Å²) in [5.74, 6) is 0.856. The molecule has 0 aromatic heterocycles.